The van der Waals surface area contributed by atoms with Crippen LogP contribution in [0.4, 0.5) is 0 Å². The molecule has 7 heteroatoms. The van der Waals surface area contributed by atoms with Gasteiger partial charge in [-0.15, -0.1) is 0 Å². The molecule has 0 aliphatic rings. The highest BCUT2D eigenvalue weighted by Crippen LogP contribution is 2.30. The van der Waals surface area contributed by atoms with Crippen LogP contribution in [0.2, 0.25) is 0 Å². The Morgan fingerprint density at radius 1 is 1.07 bits per heavy atom. The summed E-state index contributed by atoms with van der Waals surface area (Å²) < 4.78 is 33.0. The number of sulfonamides is 1. The Kier molecular flexibility index (Phi) is 7.32. The molecular weight excluding hydrogens is 388 g/mol. The van der Waals surface area contributed by atoms with E-state index in [-0.39, 0.29) is 17.5 Å². The van der Waals surface area contributed by atoms with E-state index in [0.717, 1.165) is 11.1 Å². The number of carbonyl (C=O) groups excluding carboxylic acids is 1. The van der Waals surface area contributed by atoms with Crippen molar-refractivity contribution in [2.45, 2.75) is 51.5 Å². The molecule has 0 unspecified atom stereocenters. The average Bonchev–Trinajstić information content (AvgIpc) is 2.65. The van der Waals surface area contributed by atoms with Gasteiger partial charge in [0.15, 0.2) is 0 Å². The van der Waals surface area contributed by atoms with E-state index < -0.39 is 15.6 Å². The lowest BCUT2D eigenvalue weighted by molar-refractivity contribution is -0.138. The van der Waals surface area contributed by atoms with Gasteiger partial charge in [0.1, 0.15) is 0 Å². The van der Waals surface area contributed by atoms with Crippen LogP contribution in [0.5, 0.6) is 0 Å². The van der Waals surface area contributed by atoms with E-state index in [1.165, 1.54) is 12.1 Å². The van der Waals surface area contributed by atoms with E-state index in [9.17, 15) is 13.2 Å². The van der Waals surface area contributed by atoms with Gasteiger partial charge in [-0.25, -0.2) is 17.9 Å². The SMILES string of the molecule is CCOC(=O)C(CC)=C(c1ccc(S(=O)(=O)NC(C)(C)C)cc1)c1cccnc1. The third-order valence-electron chi connectivity index (χ3n) is 4.02. The molecule has 0 fully saturated rings. The first-order valence-electron chi connectivity index (χ1n) is 9.54. The van der Waals surface area contributed by atoms with E-state index in [1.807, 2.05) is 13.0 Å². The monoisotopic (exact) mass is 416 g/mol. The molecule has 1 N–H and O–H groups in total. The standard InChI is InChI=1S/C22H28N2O4S/c1-6-19(21(25)28-7-2)20(17-9-8-14-23-15-17)16-10-12-18(13-11-16)29(26,27)24-22(3,4)5/h8-15,24H,6-7H2,1-5H3. The van der Waals surface area contributed by atoms with Gasteiger partial charge in [0.2, 0.25) is 10.0 Å². The first kappa shape index (κ1) is 22.8. The van der Waals surface area contributed by atoms with Gasteiger partial charge in [-0.1, -0.05) is 25.1 Å². The van der Waals surface area contributed by atoms with Crippen molar-refractivity contribution in [3.8, 4) is 0 Å². The molecule has 29 heavy (non-hydrogen) atoms. The molecule has 1 aromatic carbocycles. The first-order valence-corrected chi connectivity index (χ1v) is 11.0. The van der Waals surface area contributed by atoms with Crippen molar-refractivity contribution in [1.29, 1.82) is 0 Å². The number of nitrogens with one attached hydrogen (secondary N) is 1. The predicted molar refractivity (Wildman–Crippen MR) is 114 cm³/mol. The lowest BCUT2D eigenvalue weighted by Gasteiger charge is -2.20. The molecule has 2 aromatic rings. The number of carbonyl (C=O) groups is 1. The minimum Gasteiger partial charge on any atom is -0.463 e. The maximum Gasteiger partial charge on any atom is 0.334 e. The van der Waals surface area contributed by atoms with Crippen LogP contribution in [0, 0.1) is 0 Å². The summed E-state index contributed by atoms with van der Waals surface area (Å²) in [5.41, 5.74) is 2.10. The van der Waals surface area contributed by atoms with E-state index >= 15 is 0 Å². The highest BCUT2D eigenvalue weighted by atomic mass is 32.2. The van der Waals surface area contributed by atoms with Crippen LogP contribution < -0.4 is 4.72 Å². The van der Waals surface area contributed by atoms with Gasteiger partial charge in [0.25, 0.3) is 0 Å². The molecule has 0 saturated carbocycles. The van der Waals surface area contributed by atoms with Gasteiger partial charge in [-0.2, -0.15) is 0 Å². The van der Waals surface area contributed by atoms with Crippen molar-refractivity contribution in [2.75, 3.05) is 6.61 Å². The minimum absolute atomic E-state index is 0.163. The van der Waals surface area contributed by atoms with Crippen LogP contribution >= 0.6 is 0 Å². The molecule has 156 valence electrons. The second kappa shape index (κ2) is 9.33. The third-order valence-corrected chi connectivity index (χ3v) is 5.80. The van der Waals surface area contributed by atoms with Gasteiger partial charge in [-0.3, -0.25) is 4.98 Å². The van der Waals surface area contributed by atoms with Crippen LogP contribution in [0.15, 0.2) is 59.3 Å². The molecule has 6 nitrogen and oxygen atoms in total. The van der Waals surface area contributed by atoms with E-state index in [1.54, 1.807) is 58.3 Å². The summed E-state index contributed by atoms with van der Waals surface area (Å²) in [7, 11) is -3.65. The number of esters is 1. The first-order chi connectivity index (χ1) is 13.6. The van der Waals surface area contributed by atoms with Gasteiger partial charge in [0, 0.05) is 34.6 Å². The van der Waals surface area contributed by atoms with Crippen molar-refractivity contribution < 1.29 is 17.9 Å². The largest absolute Gasteiger partial charge is 0.463 e. The molecule has 0 amide bonds. The number of ether oxygens (including phenoxy) is 1. The molecule has 0 bridgehead atoms. The van der Waals surface area contributed by atoms with E-state index in [4.69, 9.17) is 4.74 Å². The molecule has 0 aliphatic carbocycles. The summed E-state index contributed by atoms with van der Waals surface area (Å²) >= 11 is 0. The zero-order valence-corrected chi connectivity index (χ0v) is 18.3. The Hall–Kier alpha value is -2.51. The number of hydrogen-bond acceptors (Lipinski definition) is 5. The summed E-state index contributed by atoms with van der Waals surface area (Å²) in [4.78, 5) is 16.9. The summed E-state index contributed by atoms with van der Waals surface area (Å²) in [6.45, 7) is 9.28. The zero-order chi connectivity index (χ0) is 21.7. The Labute approximate surface area is 173 Å². The number of aromatic nitrogens is 1. The maximum absolute atomic E-state index is 12.6. The molecule has 1 heterocycles. The van der Waals surface area contributed by atoms with Crippen LogP contribution in [-0.4, -0.2) is 31.5 Å². The predicted octanol–water partition coefficient (Wildman–Crippen LogP) is 3.93. The molecular formula is C22H28N2O4S. The topological polar surface area (TPSA) is 85.4 Å². The quantitative estimate of drug-likeness (QED) is 0.546. The van der Waals surface area contributed by atoms with E-state index in [2.05, 4.69) is 9.71 Å². The second-order valence-electron chi connectivity index (χ2n) is 7.55. The Morgan fingerprint density at radius 2 is 1.72 bits per heavy atom. The number of pyridine rings is 1. The van der Waals surface area contributed by atoms with Gasteiger partial charge in [0.05, 0.1) is 11.5 Å². The Morgan fingerprint density at radius 3 is 2.21 bits per heavy atom. The van der Waals surface area contributed by atoms with Crippen LogP contribution in [0.1, 0.15) is 52.2 Å². The summed E-state index contributed by atoms with van der Waals surface area (Å²) in [5.74, 6) is -0.389. The average molecular weight is 417 g/mol. The van der Waals surface area contributed by atoms with Crippen LogP contribution in [-0.2, 0) is 19.6 Å². The van der Waals surface area contributed by atoms with Gasteiger partial charge >= 0.3 is 5.97 Å². The summed E-state index contributed by atoms with van der Waals surface area (Å²) in [6, 6.07) is 10.1. The number of rotatable bonds is 7. The second-order valence-corrected chi connectivity index (χ2v) is 9.23. The van der Waals surface area contributed by atoms with Crippen molar-refractivity contribution in [1.82, 2.24) is 9.71 Å². The molecule has 1 aromatic heterocycles. The highest BCUT2D eigenvalue weighted by Gasteiger charge is 2.23. The molecule has 0 atom stereocenters. The van der Waals surface area contributed by atoms with Crippen molar-refractivity contribution in [3.05, 3.63) is 65.5 Å². The molecule has 2 rings (SSSR count). The Balaban J connectivity index is 2.57. The maximum atomic E-state index is 12.6. The molecule has 0 spiro atoms. The van der Waals surface area contributed by atoms with Crippen LogP contribution in [0.25, 0.3) is 5.57 Å². The molecule has 0 aliphatic heterocycles. The molecule has 0 radical (unpaired) electrons. The fourth-order valence-electron chi connectivity index (χ4n) is 2.93. The number of benzene rings is 1. The van der Waals surface area contributed by atoms with Crippen molar-refractivity contribution >= 4 is 21.6 Å². The highest BCUT2D eigenvalue weighted by molar-refractivity contribution is 7.89. The fourth-order valence-corrected chi connectivity index (χ4v) is 4.35. The van der Waals surface area contributed by atoms with Gasteiger partial charge in [-0.05, 0) is 57.9 Å². The lowest BCUT2D eigenvalue weighted by Crippen LogP contribution is -2.40. The summed E-state index contributed by atoms with van der Waals surface area (Å²) in [5, 5.41) is 0. The fraction of sp³-hybridized carbons (Fsp3) is 0.364. The number of nitrogens with zero attached hydrogens (tertiary/aromatic N) is 1. The Bertz CT molecular complexity index is 974. The third kappa shape index (κ3) is 5.98. The number of hydrogen-bond donors (Lipinski definition) is 1. The minimum atomic E-state index is -3.65. The van der Waals surface area contributed by atoms with Crippen molar-refractivity contribution in [3.63, 3.8) is 0 Å². The summed E-state index contributed by atoms with van der Waals surface area (Å²) in [6.07, 6.45) is 3.80. The smallest absolute Gasteiger partial charge is 0.334 e. The molecule has 0 saturated heterocycles. The van der Waals surface area contributed by atoms with Crippen LogP contribution in [0.3, 0.4) is 0 Å². The lowest BCUT2D eigenvalue weighted by atomic mass is 9.93. The zero-order valence-electron chi connectivity index (χ0n) is 17.5. The van der Waals surface area contributed by atoms with Crippen molar-refractivity contribution in [2.24, 2.45) is 0 Å². The van der Waals surface area contributed by atoms with Gasteiger partial charge < -0.3 is 4.74 Å². The van der Waals surface area contributed by atoms with E-state index in [0.29, 0.717) is 17.6 Å². The normalized spacial score (nSPS) is 13.0.